The highest BCUT2D eigenvalue weighted by Crippen LogP contribution is 2.37. The first-order chi connectivity index (χ1) is 14.0. The van der Waals surface area contributed by atoms with Gasteiger partial charge in [-0.15, -0.1) is 13.2 Å². The molecule has 0 heterocycles. The monoisotopic (exact) mass is 431 g/mol. The molecular formula is C24H37NO4Si. The van der Waals surface area contributed by atoms with E-state index < -0.39 is 26.4 Å². The molecule has 1 unspecified atom stereocenters. The van der Waals surface area contributed by atoms with E-state index in [0.717, 1.165) is 5.56 Å². The van der Waals surface area contributed by atoms with Crippen LogP contribution in [0.1, 0.15) is 51.6 Å². The largest absolute Gasteiger partial charge is 0.461 e. The summed E-state index contributed by atoms with van der Waals surface area (Å²) in [5.41, 5.74) is 0.878. The van der Waals surface area contributed by atoms with Crippen molar-refractivity contribution >= 4 is 20.2 Å². The fourth-order valence-electron chi connectivity index (χ4n) is 2.54. The predicted octanol–water partition coefficient (Wildman–Crippen LogP) is 5.32. The maximum absolute atomic E-state index is 12.8. The van der Waals surface area contributed by atoms with Gasteiger partial charge in [0.1, 0.15) is 12.7 Å². The molecule has 0 saturated carbocycles. The van der Waals surface area contributed by atoms with Crippen LogP contribution in [0.25, 0.3) is 0 Å². The summed E-state index contributed by atoms with van der Waals surface area (Å²) < 4.78 is 11.9. The van der Waals surface area contributed by atoms with Gasteiger partial charge < -0.3 is 14.5 Å². The summed E-state index contributed by atoms with van der Waals surface area (Å²) in [5.74, 6) is -0.541. The van der Waals surface area contributed by atoms with Gasteiger partial charge in [-0.05, 0) is 30.1 Å². The number of esters is 1. The molecule has 0 aliphatic rings. The summed E-state index contributed by atoms with van der Waals surface area (Å²) in [6.45, 7) is 18.0. The lowest BCUT2D eigenvalue weighted by molar-refractivity contribution is -0.153. The molecule has 1 amide bonds. The molecule has 0 aliphatic carbocycles. The Balaban J connectivity index is 2.88. The molecule has 6 heteroatoms. The van der Waals surface area contributed by atoms with Gasteiger partial charge in [0.15, 0.2) is 8.32 Å². The second kappa shape index (κ2) is 11.9. The van der Waals surface area contributed by atoms with E-state index in [2.05, 4.69) is 52.3 Å². The van der Waals surface area contributed by atoms with Gasteiger partial charge in [-0.3, -0.25) is 4.79 Å². The van der Waals surface area contributed by atoms with Crippen LogP contribution in [0.5, 0.6) is 0 Å². The smallest absolute Gasteiger partial charge is 0.334 e. The summed E-state index contributed by atoms with van der Waals surface area (Å²) in [4.78, 5) is 25.1. The van der Waals surface area contributed by atoms with Gasteiger partial charge >= 0.3 is 5.97 Å². The van der Waals surface area contributed by atoms with E-state index in [1.807, 2.05) is 30.3 Å². The van der Waals surface area contributed by atoms with Gasteiger partial charge in [0.05, 0.1) is 6.04 Å². The van der Waals surface area contributed by atoms with E-state index in [9.17, 15) is 9.59 Å². The van der Waals surface area contributed by atoms with E-state index in [1.54, 1.807) is 12.2 Å². The Morgan fingerprint density at radius 2 is 1.77 bits per heavy atom. The summed E-state index contributed by atoms with van der Waals surface area (Å²) >= 11 is 0. The molecule has 0 aromatic heterocycles. The number of rotatable bonds is 12. The van der Waals surface area contributed by atoms with Crippen LogP contribution in [-0.4, -0.2) is 32.9 Å². The van der Waals surface area contributed by atoms with Crippen molar-refractivity contribution in [1.82, 2.24) is 5.32 Å². The van der Waals surface area contributed by atoms with Gasteiger partial charge in [0, 0.05) is 12.8 Å². The van der Waals surface area contributed by atoms with Crippen LogP contribution in [0.2, 0.25) is 18.1 Å². The second-order valence-electron chi connectivity index (χ2n) is 8.88. The van der Waals surface area contributed by atoms with Crippen molar-refractivity contribution in [2.45, 2.75) is 70.3 Å². The number of hydrogen-bond acceptors (Lipinski definition) is 4. The molecule has 0 saturated heterocycles. The minimum absolute atomic E-state index is 0.0294. The molecule has 0 bridgehead atoms. The van der Waals surface area contributed by atoms with Gasteiger partial charge in [0.2, 0.25) is 5.91 Å². The molecule has 0 spiro atoms. The Hall–Kier alpha value is -2.18. The molecule has 0 aliphatic heterocycles. The van der Waals surface area contributed by atoms with E-state index in [0.29, 0.717) is 19.3 Å². The topological polar surface area (TPSA) is 64.6 Å². The maximum atomic E-state index is 12.8. The van der Waals surface area contributed by atoms with Gasteiger partial charge in [-0.25, -0.2) is 4.79 Å². The van der Waals surface area contributed by atoms with Crippen LogP contribution in [0.4, 0.5) is 0 Å². The van der Waals surface area contributed by atoms with Crippen LogP contribution in [-0.2, 0) is 18.8 Å². The number of amides is 1. The molecule has 1 aromatic carbocycles. The molecule has 1 aromatic rings. The van der Waals surface area contributed by atoms with Crippen LogP contribution in [0.3, 0.4) is 0 Å². The normalized spacial score (nSPS) is 13.8. The molecule has 0 radical (unpaired) electrons. The summed E-state index contributed by atoms with van der Waals surface area (Å²) in [6.07, 6.45) is 3.99. The van der Waals surface area contributed by atoms with E-state index in [1.165, 1.54) is 0 Å². The molecule has 1 rings (SSSR count). The molecule has 166 valence electrons. The van der Waals surface area contributed by atoms with Crippen molar-refractivity contribution in [3.8, 4) is 0 Å². The third-order valence-electron chi connectivity index (χ3n) is 5.39. The summed E-state index contributed by atoms with van der Waals surface area (Å²) in [5, 5.41) is 2.92. The summed E-state index contributed by atoms with van der Waals surface area (Å²) in [7, 11) is -2.16. The molecule has 30 heavy (non-hydrogen) atoms. The highest BCUT2D eigenvalue weighted by molar-refractivity contribution is 6.74. The van der Waals surface area contributed by atoms with Crippen molar-refractivity contribution in [2.24, 2.45) is 0 Å². The quantitative estimate of drug-likeness (QED) is 0.276. The van der Waals surface area contributed by atoms with Gasteiger partial charge in [-0.2, -0.15) is 0 Å². The lowest BCUT2D eigenvalue weighted by atomic mass is 10.1. The van der Waals surface area contributed by atoms with Crippen LogP contribution in [0, 0.1) is 0 Å². The predicted molar refractivity (Wildman–Crippen MR) is 125 cm³/mol. The molecular weight excluding hydrogens is 394 g/mol. The highest BCUT2D eigenvalue weighted by atomic mass is 28.4. The Morgan fingerprint density at radius 1 is 1.13 bits per heavy atom. The van der Waals surface area contributed by atoms with E-state index in [-0.39, 0.29) is 17.6 Å². The fourth-order valence-corrected chi connectivity index (χ4v) is 3.80. The SMILES string of the molecule is C=CCCC(=O)N[C@@H](COC(=O)C(CC=C)O[Si](C)(C)C(C)(C)C)c1ccccc1. The molecule has 5 nitrogen and oxygen atoms in total. The highest BCUT2D eigenvalue weighted by Gasteiger charge is 2.41. The maximum Gasteiger partial charge on any atom is 0.334 e. The number of ether oxygens (including phenoxy) is 1. The Kier molecular flexibility index (Phi) is 10.2. The van der Waals surface area contributed by atoms with Crippen LogP contribution < -0.4 is 5.32 Å². The first-order valence-corrected chi connectivity index (χ1v) is 13.3. The minimum atomic E-state index is -2.16. The zero-order valence-electron chi connectivity index (χ0n) is 19.1. The molecule has 1 N–H and O–H groups in total. The minimum Gasteiger partial charge on any atom is -0.461 e. The van der Waals surface area contributed by atoms with Crippen molar-refractivity contribution in [3.05, 3.63) is 61.2 Å². The Morgan fingerprint density at radius 3 is 2.30 bits per heavy atom. The second-order valence-corrected chi connectivity index (χ2v) is 13.6. The van der Waals surface area contributed by atoms with E-state index in [4.69, 9.17) is 9.16 Å². The zero-order valence-corrected chi connectivity index (χ0v) is 20.1. The number of carbonyl (C=O) groups excluding carboxylic acids is 2. The Labute approximate surface area is 182 Å². The summed E-state index contributed by atoms with van der Waals surface area (Å²) in [6, 6.07) is 9.06. The lowest BCUT2D eigenvalue weighted by Crippen LogP contribution is -2.46. The first kappa shape index (κ1) is 25.9. The number of carbonyl (C=O) groups is 2. The average molecular weight is 432 g/mol. The number of nitrogens with one attached hydrogen (secondary N) is 1. The third kappa shape index (κ3) is 8.28. The average Bonchev–Trinajstić information content (AvgIpc) is 2.68. The number of allylic oxidation sites excluding steroid dienone is 1. The van der Waals surface area contributed by atoms with E-state index >= 15 is 0 Å². The van der Waals surface area contributed by atoms with Crippen molar-refractivity contribution in [1.29, 1.82) is 0 Å². The fraction of sp³-hybridized carbons (Fsp3) is 0.500. The standard InChI is InChI=1S/C24H37NO4Si/c1-8-10-17-22(26)25-20(19-15-12-11-13-16-19)18-28-23(27)21(14-9-2)29-30(6,7)24(3,4)5/h8-9,11-13,15-16,20-21H,1-2,10,14,17-18H2,3-7H3,(H,25,26)/t20-,21?/m0/s1. The van der Waals surface area contributed by atoms with Crippen molar-refractivity contribution in [2.75, 3.05) is 6.61 Å². The van der Waals surface area contributed by atoms with Crippen molar-refractivity contribution in [3.63, 3.8) is 0 Å². The van der Waals surface area contributed by atoms with Crippen LogP contribution in [0.15, 0.2) is 55.6 Å². The van der Waals surface area contributed by atoms with Gasteiger partial charge in [-0.1, -0.05) is 63.3 Å². The molecule has 0 fully saturated rings. The zero-order chi connectivity index (χ0) is 22.8. The third-order valence-corrected chi connectivity index (χ3v) is 9.88. The number of hydrogen-bond donors (Lipinski definition) is 1. The Bertz CT molecular complexity index is 710. The van der Waals surface area contributed by atoms with Crippen LogP contribution >= 0.6 is 0 Å². The van der Waals surface area contributed by atoms with Crippen molar-refractivity contribution < 1.29 is 18.8 Å². The van der Waals surface area contributed by atoms with Gasteiger partial charge in [0.25, 0.3) is 0 Å². The number of benzene rings is 1. The first-order valence-electron chi connectivity index (χ1n) is 10.4. The lowest BCUT2D eigenvalue weighted by Gasteiger charge is -2.38. The molecule has 2 atom stereocenters.